The fraction of sp³-hybridized carbons (Fsp3) is 0.538. The number of aliphatic hydroxyl groups excluding tert-OH is 1. The van der Waals surface area contributed by atoms with Crippen LogP contribution in [0.4, 0.5) is 0 Å². The average molecular weight is 354 g/mol. The Hall–Kier alpha value is -0.370. The van der Waals surface area contributed by atoms with E-state index in [0.717, 1.165) is 12.8 Å². The van der Waals surface area contributed by atoms with Gasteiger partial charge in [0.15, 0.2) is 0 Å². The number of rotatable bonds is 5. The van der Waals surface area contributed by atoms with E-state index < -0.39 is 22.2 Å². The third-order valence-electron chi connectivity index (χ3n) is 3.53. The quantitative estimate of drug-likeness (QED) is 0.851. The van der Waals surface area contributed by atoms with Crippen LogP contribution in [-0.4, -0.2) is 32.3 Å². The number of ether oxygens (including phenoxy) is 1. The molecule has 0 spiro atoms. The molecule has 21 heavy (non-hydrogen) atoms. The lowest BCUT2D eigenvalue weighted by Crippen LogP contribution is -2.40. The molecule has 5 nitrogen and oxygen atoms in total. The first-order valence-corrected chi connectivity index (χ1v) is 8.74. The van der Waals surface area contributed by atoms with E-state index in [9.17, 15) is 13.5 Å². The highest BCUT2D eigenvalue weighted by molar-refractivity contribution is 7.89. The Kier molecular flexibility index (Phi) is 5.18. The van der Waals surface area contributed by atoms with E-state index in [1.54, 1.807) is 0 Å². The highest BCUT2D eigenvalue weighted by Crippen LogP contribution is 2.31. The van der Waals surface area contributed by atoms with Gasteiger partial charge in [-0.1, -0.05) is 23.2 Å². The topological polar surface area (TPSA) is 75.6 Å². The Morgan fingerprint density at radius 2 is 2.14 bits per heavy atom. The summed E-state index contributed by atoms with van der Waals surface area (Å²) in [4.78, 5) is -0.0980. The van der Waals surface area contributed by atoms with Crippen LogP contribution in [0.25, 0.3) is 0 Å². The SMILES string of the molecule is CC1(CNS(=O)(=O)c2ccc(Cl)c(CO)c2Cl)CCCO1. The number of sulfonamides is 1. The molecule has 0 saturated carbocycles. The summed E-state index contributed by atoms with van der Waals surface area (Å²) in [7, 11) is -3.80. The molecular formula is C13H17Cl2NO4S. The van der Waals surface area contributed by atoms with E-state index in [4.69, 9.17) is 27.9 Å². The van der Waals surface area contributed by atoms with Crippen molar-refractivity contribution in [2.75, 3.05) is 13.2 Å². The largest absolute Gasteiger partial charge is 0.392 e. The van der Waals surface area contributed by atoms with Gasteiger partial charge in [0.25, 0.3) is 0 Å². The second kappa shape index (κ2) is 6.40. The molecule has 1 aliphatic rings. The highest BCUT2D eigenvalue weighted by atomic mass is 35.5. The van der Waals surface area contributed by atoms with Crippen molar-refractivity contribution >= 4 is 33.2 Å². The molecular weight excluding hydrogens is 337 g/mol. The number of nitrogens with one attached hydrogen (secondary N) is 1. The fourth-order valence-corrected chi connectivity index (χ4v) is 4.28. The van der Waals surface area contributed by atoms with Crippen LogP contribution in [0.5, 0.6) is 0 Å². The summed E-state index contributed by atoms with van der Waals surface area (Å²) in [5, 5.41) is 9.40. The number of halogens is 2. The van der Waals surface area contributed by atoms with E-state index in [0.29, 0.717) is 6.61 Å². The van der Waals surface area contributed by atoms with Gasteiger partial charge < -0.3 is 9.84 Å². The molecule has 1 aromatic carbocycles. The van der Waals surface area contributed by atoms with E-state index in [-0.39, 0.29) is 27.0 Å². The molecule has 1 fully saturated rings. The molecule has 2 rings (SSSR count). The highest BCUT2D eigenvalue weighted by Gasteiger charge is 2.32. The zero-order valence-corrected chi connectivity index (χ0v) is 13.9. The fourth-order valence-electron chi connectivity index (χ4n) is 2.23. The Morgan fingerprint density at radius 1 is 1.43 bits per heavy atom. The molecule has 0 radical (unpaired) electrons. The first kappa shape index (κ1) is 17.0. The third-order valence-corrected chi connectivity index (χ3v) is 5.88. The summed E-state index contributed by atoms with van der Waals surface area (Å²) >= 11 is 11.9. The standard InChI is InChI=1S/C13H17Cl2NO4S/c1-13(5-2-6-20-13)8-16-21(18,19)11-4-3-10(14)9(7-17)12(11)15/h3-4,16-17H,2,5-8H2,1H3. The van der Waals surface area contributed by atoms with Crippen molar-refractivity contribution < 1.29 is 18.3 Å². The van der Waals surface area contributed by atoms with Crippen LogP contribution in [0, 0.1) is 0 Å². The summed E-state index contributed by atoms with van der Waals surface area (Å²) in [5.41, 5.74) is -0.296. The summed E-state index contributed by atoms with van der Waals surface area (Å²) in [6.07, 6.45) is 1.71. The molecule has 0 aliphatic carbocycles. The van der Waals surface area contributed by atoms with Gasteiger partial charge in [-0.05, 0) is 31.9 Å². The summed E-state index contributed by atoms with van der Waals surface area (Å²) < 4.78 is 32.8. The van der Waals surface area contributed by atoms with Crippen LogP contribution in [0.2, 0.25) is 10.0 Å². The van der Waals surface area contributed by atoms with Crippen LogP contribution >= 0.6 is 23.2 Å². The van der Waals surface area contributed by atoms with E-state index in [1.807, 2.05) is 6.92 Å². The molecule has 1 aromatic rings. The van der Waals surface area contributed by atoms with Crippen molar-refractivity contribution in [3.63, 3.8) is 0 Å². The predicted molar refractivity (Wildman–Crippen MR) is 81.2 cm³/mol. The Bertz CT molecular complexity index is 627. The van der Waals surface area contributed by atoms with Gasteiger partial charge >= 0.3 is 0 Å². The molecule has 118 valence electrons. The zero-order chi connectivity index (χ0) is 15.7. The number of benzene rings is 1. The van der Waals surface area contributed by atoms with Crippen LogP contribution in [0.1, 0.15) is 25.3 Å². The minimum atomic E-state index is -3.80. The molecule has 1 heterocycles. The maximum atomic E-state index is 12.4. The van der Waals surface area contributed by atoms with Crippen molar-refractivity contribution in [2.24, 2.45) is 0 Å². The third kappa shape index (κ3) is 3.70. The van der Waals surface area contributed by atoms with E-state index in [2.05, 4.69) is 4.72 Å². The molecule has 1 unspecified atom stereocenters. The van der Waals surface area contributed by atoms with Crippen LogP contribution in [0.15, 0.2) is 17.0 Å². The Morgan fingerprint density at radius 3 is 2.71 bits per heavy atom. The van der Waals surface area contributed by atoms with Crippen LogP contribution in [0.3, 0.4) is 0 Å². The van der Waals surface area contributed by atoms with Crippen LogP contribution < -0.4 is 4.72 Å². The maximum absolute atomic E-state index is 12.4. The van der Waals surface area contributed by atoms with Crippen molar-refractivity contribution in [1.29, 1.82) is 0 Å². The van der Waals surface area contributed by atoms with Crippen molar-refractivity contribution in [3.8, 4) is 0 Å². The van der Waals surface area contributed by atoms with Crippen molar-refractivity contribution in [3.05, 3.63) is 27.7 Å². The Balaban J connectivity index is 2.24. The first-order chi connectivity index (χ1) is 9.79. The van der Waals surface area contributed by atoms with Gasteiger partial charge in [0, 0.05) is 23.7 Å². The van der Waals surface area contributed by atoms with E-state index in [1.165, 1.54) is 12.1 Å². The monoisotopic (exact) mass is 353 g/mol. The van der Waals surface area contributed by atoms with Crippen molar-refractivity contribution in [1.82, 2.24) is 4.72 Å². The van der Waals surface area contributed by atoms with Crippen molar-refractivity contribution in [2.45, 2.75) is 36.9 Å². The van der Waals surface area contributed by atoms with Gasteiger partial charge in [-0.2, -0.15) is 0 Å². The number of hydrogen-bond donors (Lipinski definition) is 2. The van der Waals surface area contributed by atoms with Crippen LogP contribution in [-0.2, 0) is 21.4 Å². The molecule has 8 heteroatoms. The molecule has 2 N–H and O–H groups in total. The molecule has 0 bridgehead atoms. The van der Waals surface area contributed by atoms with E-state index >= 15 is 0 Å². The predicted octanol–water partition coefficient (Wildman–Crippen LogP) is 2.33. The lowest BCUT2D eigenvalue weighted by Gasteiger charge is -2.23. The van der Waals surface area contributed by atoms with Gasteiger partial charge in [-0.25, -0.2) is 13.1 Å². The Labute approximate surface area is 134 Å². The first-order valence-electron chi connectivity index (χ1n) is 6.50. The summed E-state index contributed by atoms with van der Waals surface area (Å²) in [5.74, 6) is 0. The maximum Gasteiger partial charge on any atom is 0.242 e. The molecule has 1 aliphatic heterocycles. The molecule has 0 aromatic heterocycles. The van der Waals surface area contributed by atoms with Gasteiger partial charge in [0.05, 0.1) is 17.2 Å². The smallest absolute Gasteiger partial charge is 0.242 e. The lowest BCUT2D eigenvalue weighted by atomic mass is 10.0. The second-order valence-corrected chi connectivity index (χ2v) is 7.74. The molecule has 1 saturated heterocycles. The summed E-state index contributed by atoms with van der Waals surface area (Å²) in [6.45, 7) is 2.24. The minimum Gasteiger partial charge on any atom is -0.392 e. The second-order valence-electron chi connectivity index (χ2n) is 5.22. The van der Waals surface area contributed by atoms with Gasteiger partial charge in [-0.3, -0.25) is 0 Å². The van der Waals surface area contributed by atoms with Gasteiger partial charge in [0.1, 0.15) is 4.90 Å². The minimum absolute atomic E-state index is 0.0602. The molecule has 0 amide bonds. The summed E-state index contributed by atoms with van der Waals surface area (Å²) in [6, 6.07) is 2.73. The normalized spacial score (nSPS) is 22.7. The number of hydrogen-bond acceptors (Lipinski definition) is 4. The lowest BCUT2D eigenvalue weighted by molar-refractivity contribution is 0.0250. The zero-order valence-electron chi connectivity index (χ0n) is 11.5. The molecule has 1 atom stereocenters. The average Bonchev–Trinajstić information content (AvgIpc) is 2.84. The van der Waals surface area contributed by atoms with Gasteiger partial charge in [0.2, 0.25) is 10.0 Å². The van der Waals surface area contributed by atoms with Gasteiger partial charge in [-0.15, -0.1) is 0 Å². The number of aliphatic hydroxyl groups is 1.